The van der Waals surface area contributed by atoms with Crippen molar-refractivity contribution in [2.75, 3.05) is 0 Å². The van der Waals surface area contributed by atoms with E-state index in [2.05, 4.69) is 4.98 Å². The van der Waals surface area contributed by atoms with E-state index in [4.69, 9.17) is 13.6 Å². The van der Waals surface area contributed by atoms with Crippen LogP contribution in [0.2, 0.25) is 0 Å². The van der Waals surface area contributed by atoms with E-state index in [0.29, 0.717) is 17.2 Å². The lowest BCUT2D eigenvalue weighted by atomic mass is 10.1. The highest BCUT2D eigenvalue weighted by Gasteiger charge is 2.08. The number of fused-ring (bicyclic) bond motifs is 2. The average molecular weight is 321 g/mol. The summed E-state index contributed by atoms with van der Waals surface area (Å²) in [6, 6.07) is 14.6. The van der Waals surface area contributed by atoms with Crippen molar-refractivity contribution in [3.8, 4) is 5.75 Å². The van der Waals surface area contributed by atoms with Gasteiger partial charge in [0.2, 0.25) is 5.89 Å². The predicted molar refractivity (Wildman–Crippen MR) is 90.2 cm³/mol. The average Bonchev–Trinajstić information content (AvgIpc) is 3.01. The summed E-state index contributed by atoms with van der Waals surface area (Å²) in [4.78, 5) is 16.0. The molecule has 0 aliphatic carbocycles. The van der Waals surface area contributed by atoms with Crippen LogP contribution in [0.25, 0.3) is 22.1 Å². The number of oxazole rings is 1. The van der Waals surface area contributed by atoms with Crippen LogP contribution in [-0.4, -0.2) is 4.98 Å². The minimum Gasteiger partial charge on any atom is -0.484 e. The summed E-state index contributed by atoms with van der Waals surface area (Å²) in [5.41, 5.74) is 2.66. The van der Waals surface area contributed by atoms with Gasteiger partial charge < -0.3 is 13.6 Å². The first-order valence-corrected chi connectivity index (χ1v) is 7.77. The number of nitrogens with zero attached hydrogens (tertiary/aromatic N) is 1. The minimum absolute atomic E-state index is 0.206. The normalized spacial score (nSPS) is 11.2. The maximum atomic E-state index is 11.6. The highest BCUT2D eigenvalue weighted by Crippen LogP contribution is 2.24. The van der Waals surface area contributed by atoms with Gasteiger partial charge in [-0.15, -0.1) is 0 Å². The van der Waals surface area contributed by atoms with E-state index in [1.54, 1.807) is 6.07 Å². The predicted octanol–water partition coefficient (Wildman–Crippen LogP) is 4.08. The Kier molecular flexibility index (Phi) is 3.54. The van der Waals surface area contributed by atoms with Crippen LogP contribution < -0.4 is 10.4 Å². The molecule has 24 heavy (non-hydrogen) atoms. The lowest BCUT2D eigenvalue weighted by Gasteiger charge is -2.06. The molecule has 0 aliphatic rings. The van der Waals surface area contributed by atoms with Gasteiger partial charge in [-0.25, -0.2) is 9.78 Å². The van der Waals surface area contributed by atoms with Crippen molar-refractivity contribution >= 4 is 22.1 Å². The van der Waals surface area contributed by atoms with Crippen molar-refractivity contribution in [3.63, 3.8) is 0 Å². The summed E-state index contributed by atoms with van der Waals surface area (Å²) >= 11 is 0. The lowest BCUT2D eigenvalue weighted by molar-refractivity contribution is 0.267. The molecular weight excluding hydrogens is 306 g/mol. The monoisotopic (exact) mass is 321 g/mol. The molecule has 2 heterocycles. The van der Waals surface area contributed by atoms with Crippen LogP contribution in [0.15, 0.2) is 62.2 Å². The summed E-state index contributed by atoms with van der Waals surface area (Å²) in [5, 5.41) is 0.923. The SMILES string of the molecule is CCc1cc(=O)oc2cc(OCc3nc4ccccc4o3)ccc12. The molecule has 0 atom stereocenters. The molecule has 5 nitrogen and oxygen atoms in total. The molecule has 0 amide bonds. The third-order valence-corrected chi connectivity index (χ3v) is 3.88. The van der Waals surface area contributed by atoms with Gasteiger partial charge in [0.15, 0.2) is 12.2 Å². The van der Waals surface area contributed by atoms with Crippen molar-refractivity contribution in [1.29, 1.82) is 0 Å². The molecule has 0 aliphatic heterocycles. The Morgan fingerprint density at radius 2 is 1.92 bits per heavy atom. The number of para-hydroxylation sites is 2. The summed E-state index contributed by atoms with van der Waals surface area (Å²) in [7, 11) is 0. The molecule has 0 radical (unpaired) electrons. The van der Waals surface area contributed by atoms with E-state index in [1.807, 2.05) is 43.3 Å². The number of hydrogen-bond acceptors (Lipinski definition) is 5. The van der Waals surface area contributed by atoms with Gasteiger partial charge in [-0.1, -0.05) is 19.1 Å². The smallest absolute Gasteiger partial charge is 0.336 e. The molecule has 0 bridgehead atoms. The van der Waals surface area contributed by atoms with Crippen LogP contribution in [-0.2, 0) is 13.0 Å². The molecule has 0 unspecified atom stereocenters. The van der Waals surface area contributed by atoms with E-state index < -0.39 is 0 Å². The van der Waals surface area contributed by atoms with Gasteiger partial charge in [0, 0.05) is 17.5 Å². The summed E-state index contributed by atoms with van der Waals surface area (Å²) in [5.74, 6) is 1.10. The Hall–Kier alpha value is -3.08. The Morgan fingerprint density at radius 1 is 1.04 bits per heavy atom. The van der Waals surface area contributed by atoms with Crippen molar-refractivity contribution in [2.24, 2.45) is 0 Å². The standard InChI is InChI=1S/C19H15NO4/c1-2-12-9-19(21)24-17-10-13(7-8-14(12)17)22-11-18-20-15-5-3-4-6-16(15)23-18/h3-10H,2,11H2,1H3. The van der Waals surface area contributed by atoms with Crippen molar-refractivity contribution in [1.82, 2.24) is 4.98 Å². The fourth-order valence-electron chi connectivity index (χ4n) is 2.72. The van der Waals surface area contributed by atoms with Crippen LogP contribution >= 0.6 is 0 Å². The molecule has 4 aromatic rings. The fourth-order valence-corrected chi connectivity index (χ4v) is 2.72. The molecule has 2 aromatic carbocycles. The van der Waals surface area contributed by atoms with E-state index >= 15 is 0 Å². The topological polar surface area (TPSA) is 65.5 Å². The van der Waals surface area contributed by atoms with E-state index in [1.165, 1.54) is 6.07 Å². The second kappa shape index (κ2) is 5.85. The first-order chi connectivity index (χ1) is 11.7. The zero-order chi connectivity index (χ0) is 16.5. The summed E-state index contributed by atoms with van der Waals surface area (Å²) in [6.45, 7) is 2.21. The third-order valence-electron chi connectivity index (χ3n) is 3.88. The van der Waals surface area contributed by atoms with Crippen LogP contribution in [0.1, 0.15) is 18.4 Å². The van der Waals surface area contributed by atoms with Crippen molar-refractivity contribution in [2.45, 2.75) is 20.0 Å². The molecule has 0 saturated carbocycles. The Morgan fingerprint density at radius 3 is 2.75 bits per heavy atom. The van der Waals surface area contributed by atoms with E-state index in [-0.39, 0.29) is 12.2 Å². The molecule has 0 saturated heterocycles. The van der Waals surface area contributed by atoms with Crippen molar-refractivity contribution < 1.29 is 13.6 Å². The van der Waals surface area contributed by atoms with Gasteiger partial charge >= 0.3 is 5.63 Å². The van der Waals surface area contributed by atoms with Crippen LogP contribution in [0.5, 0.6) is 5.75 Å². The second-order valence-corrected chi connectivity index (χ2v) is 5.47. The maximum absolute atomic E-state index is 11.6. The van der Waals surface area contributed by atoms with E-state index in [0.717, 1.165) is 28.5 Å². The van der Waals surface area contributed by atoms with Crippen LogP contribution in [0.3, 0.4) is 0 Å². The Labute approximate surface area is 137 Å². The first-order valence-electron chi connectivity index (χ1n) is 7.77. The van der Waals surface area contributed by atoms with Crippen LogP contribution in [0, 0.1) is 0 Å². The number of hydrogen-bond donors (Lipinski definition) is 0. The third kappa shape index (κ3) is 2.65. The van der Waals surface area contributed by atoms with Crippen LogP contribution in [0.4, 0.5) is 0 Å². The minimum atomic E-state index is -0.351. The summed E-state index contributed by atoms with van der Waals surface area (Å²) < 4.78 is 16.6. The van der Waals surface area contributed by atoms with Gasteiger partial charge in [-0.05, 0) is 36.2 Å². The lowest BCUT2D eigenvalue weighted by Crippen LogP contribution is -2.00. The zero-order valence-electron chi connectivity index (χ0n) is 13.1. The van der Waals surface area contributed by atoms with Gasteiger partial charge in [0.25, 0.3) is 0 Å². The van der Waals surface area contributed by atoms with Gasteiger partial charge in [0.05, 0.1) is 0 Å². The quantitative estimate of drug-likeness (QED) is 0.530. The van der Waals surface area contributed by atoms with E-state index in [9.17, 15) is 4.79 Å². The highest BCUT2D eigenvalue weighted by molar-refractivity contribution is 5.81. The molecule has 120 valence electrons. The molecule has 0 spiro atoms. The number of aryl methyl sites for hydroxylation is 1. The number of aromatic nitrogens is 1. The molecular formula is C19H15NO4. The highest BCUT2D eigenvalue weighted by atomic mass is 16.5. The molecule has 4 rings (SSSR count). The van der Waals surface area contributed by atoms with Crippen molar-refractivity contribution in [3.05, 3.63) is 70.4 Å². The molecule has 2 aromatic heterocycles. The number of rotatable bonds is 4. The Bertz CT molecular complexity index is 1040. The van der Waals surface area contributed by atoms with Gasteiger partial charge in [0.1, 0.15) is 16.8 Å². The molecule has 0 N–H and O–H groups in total. The first kappa shape index (κ1) is 14.5. The summed E-state index contributed by atoms with van der Waals surface area (Å²) in [6.07, 6.45) is 0.769. The van der Waals surface area contributed by atoms with Gasteiger partial charge in [-0.2, -0.15) is 0 Å². The molecule has 0 fully saturated rings. The maximum Gasteiger partial charge on any atom is 0.336 e. The van der Waals surface area contributed by atoms with Gasteiger partial charge in [-0.3, -0.25) is 0 Å². The Balaban J connectivity index is 1.61. The largest absolute Gasteiger partial charge is 0.484 e. The fraction of sp³-hybridized carbons (Fsp3) is 0.158. The number of ether oxygens (including phenoxy) is 1. The zero-order valence-corrected chi connectivity index (χ0v) is 13.1. The number of benzene rings is 2. The molecule has 5 heteroatoms. The second-order valence-electron chi connectivity index (χ2n) is 5.47.